The van der Waals surface area contributed by atoms with E-state index in [1.54, 1.807) is 30.3 Å². The Labute approximate surface area is 161 Å². The molecule has 2 aliphatic rings. The number of carbonyl (C=O) groups excluding carboxylic acids is 2. The summed E-state index contributed by atoms with van der Waals surface area (Å²) in [6.45, 7) is 0.147. The van der Waals surface area contributed by atoms with Gasteiger partial charge in [0.15, 0.2) is 0 Å². The Balaban J connectivity index is 1.63. The van der Waals surface area contributed by atoms with Gasteiger partial charge >= 0.3 is 6.03 Å². The van der Waals surface area contributed by atoms with Gasteiger partial charge in [0.05, 0.1) is 17.5 Å². The summed E-state index contributed by atoms with van der Waals surface area (Å²) in [7, 11) is -3.77. The van der Waals surface area contributed by atoms with Gasteiger partial charge in [-0.2, -0.15) is 4.31 Å². The number of fused-ring (bicyclic) bond motifs is 1. The second-order valence-electron chi connectivity index (χ2n) is 6.79. The molecule has 2 heterocycles. The average Bonchev–Trinajstić information content (AvgIpc) is 3.09. The van der Waals surface area contributed by atoms with Crippen LogP contribution in [0.25, 0.3) is 0 Å². The van der Waals surface area contributed by atoms with E-state index in [2.05, 4.69) is 5.32 Å². The monoisotopic (exact) mass is 403 g/mol. The van der Waals surface area contributed by atoms with Crippen molar-refractivity contribution in [1.29, 1.82) is 0 Å². The van der Waals surface area contributed by atoms with Crippen molar-refractivity contribution in [3.8, 4) is 0 Å². The highest BCUT2D eigenvalue weighted by Crippen LogP contribution is 2.30. The molecule has 2 aliphatic heterocycles. The third kappa shape index (κ3) is 3.27. The van der Waals surface area contributed by atoms with Gasteiger partial charge in [-0.15, -0.1) is 0 Å². The maximum absolute atomic E-state index is 13.2. The fourth-order valence-corrected chi connectivity index (χ4v) is 5.43. The van der Waals surface area contributed by atoms with Crippen molar-refractivity contribution in [3.63, 3.8) is 0 Å². The predicted octanol–water partition coefficient (Wildman–Crippen LogP) is 1.85. The Morgan fingerprint density at radius 1 is 1.04 bits per heavy atom. The van der Waals surface area contributed by atoms with Gasteiger partial charge in [0.1, 0.15) is 11.9 Å². The Kier molecular flexibility index (Phi) is 4.64. The minimum absolute atomic E-state index is 0.147. The van der Waals surface area contributed by atoms with Gasteiger partial charge < -0.3 is 5.32 Å². The van der Waals surface area contributed by atoms with Crippen molar-refractivity contribution in [3.05, 3.63) is 66.0 Å². The van der Waals surface area contributed by atoms with Crippen LogP contribution in [0.4, 0.5) is 14.9 Å². The standard InChI is InChI=1S/C19H18FN3O4S/c20-14-6-8-15(9-7-14)23-18(24)17-16(21-19(23)25)10-11-22(17)28(26,27)12-13-4-2-1-3-5-13/h1-9,16-17H,10-12H2,(H,21,25)/t16-,17-/m0/s1. The van der Waals surface area contributed by atoms with E-state index < -0.39 is 39.9 Å². The minimum atomic E-state index is -3.77. The van der Waals surface area contributed by atoms with E-state index in [-0.39, 0.29) is 18.0 Å². The summed E-state index contributed by atoms with van der Waals surface area (Å²) >= 11 is 0. The van der Waals surface area contributed by atoms with Crippen LogP contribution < -0.4 is 10.2 Å². The van der Waals surface area contributed by atoms with Crippen LogP contribution in [0.15, 0.2) is 54.6 Å². The summed E-state index contributed by atoms with van der Waals surface area (Å²) in [5.41, 5.74) is 0.809. The zero-order chi connectivity index (χ0) is 19.9. The number of urea groups is 1. The quantitative estimate of drug-likeness (QED) is 0.844. The summed E-state index contributed by atoms with van der Waals surface area (Å²) in [5.74, 6) is -1.36. The first-order valence-corrected chi connectivity index (χ1v) is 10.4. The molecule has 0 radical (unpaired) electrons. The number of rotatable bonds is 4. The van der Waals surface area contributed by atoms with Crippen LogP contribution in [0.3, 0.4) is 0 Å². The summed E-state index contributed by atoms with van der Waals surface area (Å²) in [6.07, 6.45) is 0.355. The molecule has 0 unspecified atom stereocenters. The van der Waals surface area contributed by atoms with E-state index in [4.69, 9.17) is 0 Å². The molecular weight excluding hydrogens is 385 g/mol. The van der Waals surface area contributed by atoms with Gasteiger partial charge in [0.25, 0.3) is 5.91 Å². The lowest BCUT2D eigenvalue weighted by Crippen LogP contribution is -2.65. The number of imide groups is 1. The molecule has 2 atom stereocenters. The highest BCUT2D eigenvalue weighted by molar-refractivity contribution is 7.88. The smallest absolute Gasteiger partial charge is 0.329 e. The van der Waals surface area contributed by atoms with Crippen molar-refractivity contribution in [2.75, 3.05) is 11.4 Å². The molecule has 2 aromatic carbocycles. The normalized spacial score (nSPS) is 22.8. The molecular formula is C19H18FN3O4S. The van der Waals surface area contributed by atoms with E-state index in [1.807, 2.05) is 0 Å². The second-order valence-corrected chi connectivity index (χ2v) is 8.71. The summed E-state index contributed by atoms with van der Waals surface area (Å²) < 4.78 is 40.3. The number of sulfonamides is 1. The molecule has 0 bridgehead atoms. The van der Waals surface area contributed by atoms with Gasteiger partial charge in [0, 0.05) is 6.54 Å². The molecule has 0 aliphatic carbocycles. The number of amides is 3. The number of carbonyl (C=O) groups is 2. The Morgan fingerprint density at radius 3 is 2.39 bits per heavy atom. The topological polar surface area (TPSA) is 86.8 Å². The molecule has 2 fully saturated rings. The van der Waals surface area contributed by atoms with Crippen molar-refractivity contribution in [1.82, 2.24) is 9.62 Å². The lowest BCUT2D eigenvalue weighted by molar-refractivity contribution is -0.122. The Bertz CT molecular complexity index is 1010. The zero-order valence-electron chi connectivity index (χ0n) is 14.8. The third-order valence-corrected chi connectivity index (χ3v) is 6.79. The number of hydrogen-bond donors (Lipinski definition) is 1. The van der Waals surface area contributed by atoms with Crippen molar-refractivity contribution in [2.24, 2.45) is 0 Å². The van der Waals surface area contributed by atoms with E-state index in [0.29, 0.717) is 12.0 Å². The summed E-state index contributed by atoms with van der Waals surface area (Å²) in [4.78, 5) is 26.4. The molecule has 146 valence electrons. The van der Waals surface area contributed by atoms with Gasteiger partial charge in [-0.3, -0.25) is 4.79 Å². The second kappa shape index (κ2) is 6.99. The third-order valence-electron chi connectivity index (χ3n) is 4.97. The lowest BCUT2D eigenvalue weighted by Gasteiger charge is -2.36. The lowest BCUT2D eigenvalue weighted by atomic mass is 10.1. The van der Waals surface area contributed by atoms with Gasteiger partial charge in [-0.1, -0.05) is 30.3 Å². The number of nitrogens with one attached hydrogen (secondary N) is 1. The van der Waals surface area contributed by atoms with E-state index in [1.165, 1.54) is 16.4 Å². The fraction of sp³-hybridized carbons (Fsp3) is 0.263. The van der Waals surface area contributed by atoms with Crippen LogP contribution in [0.1, 0.15) is 12.0 Å². The maximum Gasteiger partial charge on any atom is 0.329 e. The van der Waals surface area contributed by atoms with Crippen LogP contribution >= 0.6 is 0 Å². The molecule has 9 heteroatoms. The van der Waals surface area contributed by atoms with Crippen LogP contribution in [0, 0.1) is 5.82 Å². The Morgan fingerprint density at radius 2 is 1.71 bits per heavy atom. The molecule has 2 saturated heterocycles. The van der Waals surface area contributed by atoms with E-state index in [9.17, 15) is 22.4 Å². The van der Waals surface area contributed by atoms with Crippen molar-refractivity contribution >= 4 is 27.6 Å². The number of hydrogen-bond acceptors (Lipinski definition) is 4. The molecule has 1 N–H and O–H groups in total. The first kappa shape index (κ1) is 18.6. The minimum Gasteiger partial charge on any atom is -0.332 e. The molecule has 4 rings (SSSR count). The largest absolute Gasteiger partial charge is 0.332 e. The summed E-state index contributed by atoms with van der Waals surface area (Å²) in [6, 6.07) is 11.4. The summed E-state index contributed by atoms with van der Waals surface area (Å²) in [5, 5.41) is 2.70. The number of anilines is 1. The van der Waals surface area contributed by atoms with Crippen LogP contribution in [0.5, 0.6) is 0 Å². The zero-order valence-corrected chi connectivity index (χ0v) is 15.6. The van der Waals surface area contributed by atoms with Crippen LogP contribution in [0.2, 0.25) is 0 Å². The van der Waals surface area contributed by atoms with Gasteiger partial charge in [-0.25, -0.2) is 22.5 Å². The van der Waals surface area contributed by atoms with Crippen molar-refractivity contribution < 1.29 is 22.4 Å². The molecule has 7 nitrogen and oxygen atoms in total. The maximum atomic E-state index is 13.2. The predicted molar refractivity (Wildman–Crippen MR) is 100 cm³/mol. The number of halogens is 1. The highest BCUT2D eigenvalue weighted by Gasteiger charge is 2.51. The first-order valence-electron chi connectivity index (χ1n) is 8.80. The molecule has 2 aromatic rings. The van der Waals surface area contributed by atoms with Gasteiger partial charge in [0.2, 0.25) is 10.0 Å². The number of nitrogens with zero attached hydrogens (tertiary/aromatic N) is 2. The van der Waals surface area contributed by atoms with Crippen LogP contribution in [-0.4, -0.2) is 43.3 Å². The van der Waals surface area contributed by atoms with Gasteiger partial charge in [-0.05, 0) is 36.2 Å². The molecule has 0 saturated carbocycles. The fourth-order valence-electron chi connectivity index (χ4n) is 3.68. The average molecular weight is 403 g/mol. The van der Waals surface area contributed by atoms with E-state index in [0.717, 1.165) is 17.0 Å². The molecule has 28 heavy (non-hydrogen) atoms. The highest BCUT2D eigenvalue weighted by atomic mass is 32.2. The van der Waals surface area contributed by atoms with E-state index >= 15 is 0 Å². The number of benzene rings is 2. The molecule has 0 spiro atoms. The van der Waals surface area contributed by atoms with Crippen molar-refractivity contribution in [2.45, 2.75) is 24.3 Å². The molecule has 0 aromatic heterocycles. The SMILES string of the molecule is O=C1N[C@H]2CCN(S(=O)(=O)Cc3ccccc3)[C@@H]2C(=O)N1c1ccc(F)cc1. The first-order chi connectivity index (χ1) is 13.4. The molecule has 3 amide bonds. The van der Waals surface area contributed by atoms with Crippen LogP contribution in [-0.2, 0) is 20.6 Å². The Hall–Kier alpha value is -2.78.